The number of carboxylic acid groups (broad SMARTS) is 1. The summed E-state index contributed by atoms with van der Waals surface area (Å²) < 4.78 is 11.2. The monoisotopic (exact) mass is 385 g/mol. The highest BCUT2D eigenvalue weighted by molar-refractivity contribution is 9.10. The van der Waals surface area contributed by atoms with Crippen molar-refractivity contribution in [2.45, 2.75) is 32.2 Å². The van der Waals surface area contributed by atoms with Gasteiger partial charge in [-0.3, -0.25) is 9.59 Å². The predicted octanol–water partition coefficient (Wildman–Crippen LogP) is 2.73. The van der Waals surface area contributed by atoms with Crippen LogP contribution in [-0.2, 0) is 16.1 Å². The number of aliphatic carboxylic acids is 1. The van der Waals surface area contributed by atoms with Gasteiger partial charge in [0.25, 0.3) is 0 Å². The van der Waals surface area contributed by atoms with E-state index in [9.17, 15) is 14.7 Å². The van der Waals surface area contributed by atoms with Crippen molar-refractivity contribution < 1.29 is 24.2 Å². The summed E-state index contributed by atoms with van der Waals surface area (Å²) in [5, 5.41) is 12.0. The fraction of sp³-hybridized carbons (Fsp3) is 0.500. The van der Waals surface area contributed by atoms with E-state index in [0.29, 0.717) is 30.9 Å². The van der Waals surface area contributed by atoms with E-state index >= 15 is 0 Å². The predicted molar refractivity (Wildman–Crippen MR) is 87.6 cm³/mol. The minimum atomic E-state index is -0.882. The van der Waals surface area contributed by atoms with E-state index in [1.807, 2.05) is 6.07 Å². The van der Waals surface area contributed by atoms with Crippen LogP contribution in [0.3, 0.4) is 0 Å². The Bertz CT molecular complexity index is 613. The molecule has 6 nitrogen and oxygen atoms in total. The minimum Gasteiger partial charge on any atom is -0.493 e. The summed E-state index contributed by atoms with van der Waals surface area (Å²) >= 11 is 3.40. The average Bonchev–Trinajstić information content (AvgIpc) is 2.47. The molecule has 2 rings (SSSR count). The molecule has 1 aromatic rings. The number of methoxy groups -OCH3 is 2. The zero-order valence-corrected chi connectivity index (χ0v) is 14.7. The van der Waals surface area contributed by atoms with E-state index in [1.165, 1.54) is 0 Å². The first-order valence-electron chi connectivity index (χ1n) is 7.32. The molecule has 0 radical (unpaired) electrons. The molecule has 23 heavy (non-hydrogen) atoms. The van der Waals surface area contributed by atoms with Crippen molar-refractivity contribution in [3.05, 3.63) is 22.2 Å². The van der Waals surface area contributed by atoms with Crippen molar-refractivity contribution in [1.82, 2.24) is 5.32 Å². The Balaban J connectivity index is 1.99. The second-order valence-electron chi connectivity index (χ2n) is 5.71. The third-order valence-electron chi connectivity index (χ3n) is 4.25. The number of rotatable bonds is 7. The van der Waals surface area contributed by atoms with Crippen LogP contribution in [0.4, 0.5) is 0 Å². The van der Waals surface area contributed by atoms with E-state index in [4.69, 9.17) is 9.47 Å². The lowest BCUT2D eigenvalue weighted by Gasteiger charge is -2.36. The lowest BCUT2D eigenvalue weighted by molar-refractivity contribution is -0.157. The molecule has 0 unspecified atom stereocenters. The summed E-state index contributed by atoms with van der Waals surface area (Å²) in [4.78, 5) is 23.3. The number of carbonyl (C=O) groups excluding carboxylic acids is 1. The van der Waals surface area contributed by atoms with Gasteiger partial charge in [-0.1, -0.05) is 6.42 Å². The molecule has 0 spiro atoms. The van der Waals surface area contributed by atoms with Gasteiger partial charge in [-0.15, -0.1) is 0 Å². The third-order valence-corrected chi connectivity index (χ3v) is 4.84. The van der Waals surface area contributed by atoms with Crippen LogP contribution in [0.15, 0.2) is 16.6 Å². The smallest absolute Gasteiger partial charge is 0.310 e. The number of hydrogen-bond acceptors (Lipinski definition) is 4. The van der Waals surface area contributed by atoms with Crippen LogP contribution in [0, 0.1) is 5.41 Å². The summed E-state index contributed by atoms with van der Waals surface area (Å²) in [5.74, 6) is 0.0137. The molecule has 0 bridgehead atoms. The summed E-state index contributed by atoms with van der Waals surface area (Å²) in [5.41, 5.74) is -0.0386. The Kier molecular flexibility index (Phi) is 5.51. The zero-order valence-electron chi connectivity index (χ0n) is 13.1. The lowest BCUT2D eigenvalue weighted by atomic mass is 9.66. The molecule has 1 amide bonds. The normalized spacial score (nSPS) is 15.4. The largest absolute Gasteiger partial charge is 0.493 e. The minimum absolute atomic E-state index is 0.0246. The van der Waals surface area contributed by atoms with Crippen LogP contribution in [0.1, 0.15) is 31.2 Å². The highest BCUT2D eigenvalue weighted by atomic mass is 79.9. The zero-order chi connectivity index (χ0) is 17.0. The fourth-order valence-electron chi connectivity index (χ4n) is 2.71. The Labute approximate surface area is 143 Å². The number of carbonyl (C=O) groups is 2. The van der Waals surface area contributed by atoms with Gasteiger partial charge in [-0.05, 0) is 46.5 Å². The van der Waals surface area contributed by atoms with Gasteiger partial charge in [-0.25, -0.2) is 0 Å². The van der Waals surface area contributed by atoms with Crippen molar-refractivity contribution in [2.75, 3.05) is 14.2 Å². The first-order valence-corrected chi connectivity index (χ1v) is 8.11. The third kappa shape index (κ3) is 3.77. The Morgan fingerprint density at radius 3 is 2.48 bits per heavy atom. The van der Waals surface area contributed by atoms with Gasteiger partial charge in [0.2, 0.25) is 5.91 Å². The number of carboxylic acids is 1. The molecular weight excluding hydrogens is 366 g/mol. The average molecular weight is 386 g/mol. The number of benzene rings is 1. The molecule has 7 heteroatoms. The van der Waals surface area contributed by atoms with Gasteiger partial charge >= 0.3 is 5.97 Å². The number of amides is 1. The summed E-state index contributed by atoms with van der Waals surface area (Å²) in [6, 6.07) is 3.61. The molecule has 1 fully saturated rings. The van der Waals surface area contributed by atoms with Crippen molar-refractivity contribution in [1.29, 1.82) is 0 Å². The standard InChI is InChI=1S/C16H20BrNO5/c1-22-12-7-10(6-11(17)14(12)23-2)9-18-13(19)8-16(15(20)21)4-3-5-16/h6-7H,3-5,8-9H2,1-2H3,(H,18,19)(H,20,21). The molecular formula is C16H20BrNO5. The summed E-state index contributed by atoms with van der Waals surface area (Å²) in [7, 11) is 3.09. The maximum Gasteiger partial charge on any atom is 0.310 e. The second-order valence-corrected chi connectivity index (χ2v) is 6.56. The fourth-order valence-corrected chi connectivity index (χ4v) is 3.36. The van der Waals surface area contributed by atoms with Gasteiger partial charge in [0.15, 0.2) is 11.5 Å². The first kappa shape index (κ1) is 17.6. The first-order chi connectivity index (χ1) is 10.9. The molecule has 1 saturated carbocycles. The van der Waals surface area contributed by atoms with Crippen molar-refractivity contribution >= 4 is 27.8 Å². The maximum atomic E-state index is 12.0. The van der Waals surface area contributed by atoms with Crippen molar-refractivity contribution in [2.24, 2.45) is 5.41 Å². The van der Waals surface area contributed by atoms with Crippen LogP contribution < -0.4 is 14.8 Å². The topological polar surface area (TPSA) is 84.9 Å². The Morgan fingerprint density at radius 1 is 1.30 bits per heavy atom. The van der Waals surface area contributed by atoms with E-state index in [0.717, 1.165) is 16.5 Å². The van der Waals surface area contributed by atoms with E-state index in [-0.39, 0.29) is 12.3 Å². The summed E-state index contributed by atoms with van der Waals surface area (Å²) in [6.07, 6.45) is 2.02. The van der Waals surface area contributed by atoms with Gasteiger partial charge in [0.05, 0.1) is 24.1 Å². The molecule has 0 aromatic heterocycles. The second kappa shape index (κ2) is 7.21. The molecule has 0 saturated heterocycles. The van der Waals surface area contributed by atoms with Crippen LogP contribution >= 0.6 is 15.9 Å². The number of hydrogen-bond donors (Lipinski definition) is 2. The highest BCUT2D eigenvalue weighted by Gasteiger charge is 2.45. The van der Waals surface area contributed by atoms with Gasteiger partial charge in [0.1, 0.15) is 0 Å². The summed E-state index contributed by atoms with van der Waals surface area (Å²) in [6.45, 7) is 0.299. The molecule has 0 aliphatic heterocycles. The Morgan fingerprint density at radius 2 is 2.00 bits per heavy atom. The van der Waals surface area contributed by atoms with Crippen LogP contribution in [-0.4, -0.2) is 31.2 Å². The van der Waals surface area contributed by atoms with Gasteiger partial charge in [0, 0.05) is 13.0 Å². The van der Waals surface area contributed by atoms with Crippen LogP contribution in [0.25, 0.3) is 0 Å². The van der Waals surface area contributed by atoms with Crippen LogP contribution in [0.2, 0.25) is 0 Å². The Hall–Kier alpha value is -1.76. The molecule has 1 aromatic carbocycles. The van der Waals surface area contributed by atoms with Crippen molar-refractivity contribution in [3.63, 3.8) is 0 Å². The van der Waals surface area contributed by atoms with Gasteiger partial charge < -0.3 is 19.9 Å². The molecule has 0 heterocycles. The SMILES string of the molecule is COc1cc(CNC(=O)CC2(C(=O)O)CCC2)cc(Br)c1OC. The van der Waals surface area contributed by atoms with Gasteiger partial charge in [-0.2, -0.15) is 0 Å². The van der Waals surface area contributed by atoms with E-state index in [1.54, 1.807) is 20.3 Å². The van der Waals surface area contributed by atoms with E-state index in [2.05, 4.69) is 21.2 Å². The van der Waals surface area contributed by atoms with Crippen LogP contribution in [0.5, 0.6) is 11.5 Å². The van der Waals surface area contributed by atoms with E-state index < -0.39 is 11.4 Å². The number of nitrogens with one attached hydrogen (secondary N) is 1. The van der Waals surface area contributed by atoms with Crippen molar-refractivity contribution in [3.8, 4) is 11.5 Å². The molecule has 1 aliphatic rings. The number of halogens is 1. The lowest BCUT2D eigenvalue weighted by Crippen LogP contribution is -2.42. The quantitative estimate of drug-likeness (QED) is 0.753. The highest BCUT2D eigenvalue weighted by Crippen LogP contribution is 2.44. The number of ether oxygens (including phenoxy) is 2. The molecule has 0 atom stereocenters. The molecule has 126 valence electrons. The maximum absolute atomic E-state index is 12.0. The molecule has 2 N–H and O–H groups in total. The molecule has 1 aliphatic carbocycles.